The predicted octanol–water partition coefficient (Wildman–Crippen LogP) is 3.59. The van der Waals surface area contributed by atoms with Gasteiger partial charge in [-0.3, -0.25) is 4.79 Å². The fraction of sp³-hybridized carbons (Fsp3) is 0.227. The van der Waals surface area contributed by atoms with Crippen LogP contribution in [0.4, 0.5) is 8.78 Å². The smallest absolute Gasteiger partial charge is 0.336 e. The topological polar surface area (TPSA) is 73.2 Å². The van der Waals surface area contributed by atoms with E-state index in [1.54, 1.807) is 28.9 Å². The van der Waals surface area contributed by atoms with Crippen molar-refractivity contribution in [2.24, 2.45) is 0 Å². The summed E-state index contributed by atoms with van der Waals surface area (Å²) in [5.74, 6) is -3.17. The van der Waals surface area contributed by atoms with Crippen molar-refractivity contribution in [1.29, 1.82) is 0 Å². The second-order valence-corrected chi connectivity index (χ2v) is 7.08. The van der Waals surface area contributed by atoms with E-state index in [9.17, 15) is 18.4 Å². The van der Waals surface area contributed by atoms with Crippen LogP contribution in [0.3, 0.4) is 0 Å². The van der Waals surface area contributed by atoms with Crippen molar-refractivity contribution in [3.63, 3.8) is 0 Å². The van der Waals surface area contributed by atoms with Gasteiger partial charge in [0.25, 0.3) is 5.91 Å². The molecular formula is C22H21F2N3O3. The third kappa shape index (κ3) is 3.94. The number of amides is 1. The molecule has 0 bridgehead atoms. The normalized spacial score (nSPS) is 12.9. The molecule has 3 rings (SSSR count). The summed E-state index contributed by atoms with van der Waals surface area (Å²) < 4.78 is 34.5. The number of esters is 1. The van der Waals surface area contributed by atoms with E-state index in [1.807, 2.05) is 19.9 Å². The van der Waals surface area contributed by atoms with E-state index < -0.39 is 29.0 Å². The molecule has 6 nitrogen and oxygen atoms in total. The Morgan fingerprint density at radius 2 is 1.73 bits per heavy atom. The summed E-state index contributed by atoms with van der Waals surface area (Å²) in [4.78, 5) is 25.2. The molecule has 1 amide bonds. The third-order valence-corrected chi connectivity index (χ3v) is 4.81. The Morgan fingerprint density at radius 1 is 1.07 bits per heavy atom. The molecule has 1 atom stereocenters. The van der Waals surface area contributed by atoms with Crippen LogP contribution in [0.25, 0.3) is 5.69 Å². The van der Waals surface area contributed by atoms with Crippen molar-refractivity contribution >= 4 is 11.9 Å². The number of aromatic nitrogens is 2. The van der Waals surface area contributed by atoms with Crippen molar-refractivity contribution in [1.82, 2.24) is 15.1 Å². The number of benzene rings is 2. The number of hydrogen-bond acceptors (Lipinski definition) is 4. The quantitative estimate of drug-likeness (QED) is 0.649. The number of rotatable bonds is 5. The Bertz CT molecular complexity index is 1110. The molecule has 8 heteroatoms. The van der Waals surface area contributed by atoms with Gasteiger partial charge in [0.15, 0.2) is 5.54 Å². The number of ether oxygens (including phenoxy) is 1. The third-order valence-electron chi connectivity index (χ3n) is 4.81. The van der Waals surface area contributed by atoms with Gasteiger partial charge in [0, 0.05) is 16.8 Å². The van der Waals surface area contributed by atoms with Gasteiger partial charge in [-0.2, -0.15) is 5.10 Å². The first-order valence-corrected chi connectivity index (χ1v) is 9.16. The number of hydrogen-bond donors (Lipinski definition) is 1. The number of carbonyl (C=O) groups excluding carboxylic acids is 2. The highest BCUT2D eigenvalue weighted by molar-refractivity contribution is 5.98. The van der Waals surface area contributed by atoms with Crippen LogP contribution in [0.15, 0.2) is 48.5 Å². The molecule has 1 aromatic heterocycles. The fourth-order valence-corrected chi connectivity index (χ4v) is 3.26. The molecule has 2 aromatic carbocycles. The molecular weight excluding hydrogens is 392 g/mol. The highest BCUT2D eigenvalue weighted by atomic mass is 19.1. The van der Waals surface area contributed by atoms with E-state index in [-0.39, 0.29) is 11.1 Å². The Hall–Kier alpha value is -3.55. The maximum atomic E-state index is 14.4. The summed E-state index contributed by atoms with van der Waals surface area (Å²) in [6.45, 7) is 5.05. The lowest BCUT2D eigenvalue weighted by Crippen LogP contribution is -2.50. The second kappa shape index (κ2) is 8.06. The average Bonchev–Trinajstić information content (AvgIpc) is 3.07. The minimum Gasteiger partial charge on any atom is -0.467 e. The summed E-state index contributed by atoms with van der Waals surface area (Å²) in [5, 5.41) is 6.86. The second-order valence-electron chi connectivity index (χ2n) is 7.08. The molecule has 0 saturated heterocycles. The molecule has 3 aromatic rings. The standard InChI is InChI=1S/C22H21F2N3O3/c1-13-11-14(2)27(26-13)17-8-5-15(6-9-17)20(28)25-22(3,21(29)30-4)18-12-16(23)7-10-19(18)24/h5-12H,1-4H3,(H,25,28)/t22-/m1/s1. The zero-order valence-corrected chi connectivity index (χ0v) is 17.0. The Kier molecular flexibility index (Phi) is 5.69. The minimum atomic E-state index is -1.92. The van der Waals surface area contributed by atoms with Crippen LogP contribution in [0.5, 0.6) is 0 Å². The van der Waals surface area contributed by atoms with Crippen LogP contribution >= 0.6 is 0 Å². The van der Waals surface area contributed by atoms with Crippen LogP contribution in [0.2, 0.25) is 0 Å². The summed E-state index contributed by atoms with van der Waals surface area (Å²) in [6.07, 6.45) is 0. The Morgan fingerprint density at radius 3 is 2.30 bits per heavy atom. The van der Waals surface area contributed by atoms with Crippen molar-refractivity contribution in [2.45, 2.75) is 26.3 Å². The van der Waals surface area contributed by atoms with Crippen LogP contribution in [0, 0.1) is 25.5 Å². The first-order chi connectivity index (χ1) is 14.2. The largest absolute Gasteiger partial charge is 0.467 e. The van der Waals surface area contributed by atoms with Crippen LogP contribution in [0.1, 0.15) is 34.2 Å². The van der Waals surface area contributed by atoms with Gasteiger partial charge >= 0.3 is 5.97 Å². The number of methoxy groups -OCH3 is 1. The molecule has 0 fully saturated rings. The van der Waals surface area contributed by atoms with E-state index in [1.165, 1.54) is 6.92 Å². The average molecular weight is 413 g/mol. The lowest BCUT2D eigenvalue weighted by Gasteiger charge is -2.29. The van der Waals surface area contributed by atoms with Crippen molar-refractivity contribution < 1.29 is 23.1 Å². The lowest BCUT2D eigenvalue weighted by molar-refractivity contribution is -0.148. The number of carbonyl (C=O) groups is 2. The summed E-state index contributed by atoms with van der Waals surface area (Å²) >= 11 is 0. The van der Waals surface area contributed by atoms with Gasteiger partial charge in [-0.15, -0.1) is 0 Å². The summed E-state index contributed by atoms with van der Waals surface area (Å²) in [6, 6.07) is 11.1. The molecule has 0 saturated carbocycles. The van der Waals surface area contributed by atoms with Gasteiger partial charge < -0.3 is 10.1 Å². The fourth-order valence-electron chi connectivity index (χ4n) is 3.26. The highest BCUT2D eigenvalue weighted by Gasteiger charge is 2.40. The highest BCUT2D eigenvalue weighted by Crippen LogP contribution is 2.27. The molecule has 0 spiro atoms. The molecule has 0 aliphatic heterocycles. The zero-order chi connectivity index (χ0) is 22.1. The van der Waals surface area contributed by atoms with E-state index in [0.717, 1.165) is 42.4 Å². The molecule has 30 heavy (non-hydrogen) atoms. The maximum absolute atomic E-state index is 14.4. The molecule has 0 aliphatic rings. The number of nitrogens with zero attached hydrogens (tertiary/aromatic N) is 2. The van der Waals surface area contributed by atoms with Crippen LogP contribution < -0.4 is 5.32 Å². The maximum Gasteiger partial charge on any atom is 0.336 e. The zero-order valence-electron chi connectivity index (χ0n) is 17.0. The van der Waals surface area contributed by atoms with E-state index in [2.05, 4.69) is 10.4 Å². The van der Waals surface area contributed by atoms with E-state index in [4.69, 9.17) is 4.74 Å². The lowest BCUT2D eigenvalue weighted by atomic mass is 9.90. The molecule has 0 radical (unpaired) electrons. The molecule has 1 heterocycles. The van der Waals surface area contributed by atoms with Gasteiger partial charge in [0.05, 0.1) is 18.5 Å². The minimum absolute atomic E-state index is 0.229. The van der Waals surface area contributed by atoms with Gasteiger partial charge in [0.2, 0.25) is 0 Å². The Balaban J connectivity index is 1.92. The Labute approximate surface area is 172 Å². The number of halogens is 2. The van der Waals surface area contributed by atoms with Gasteiger partial charge in [-0.05, 0) is 69.3 Å². The first-order valence-electron chi connectivity index (χ1n) is 9.16. The van der Waals surface area contributed by atoms with Gasteiger partial charge in [-0.1, -0.05) is 0 Å². The summed E-state index contributed by atoms with van der Waals surface area (Å²) in [5.41, 5.74) is 0.523. The van der Waals surface area contributed by atoms with Crippen molar-refractivity contribution in [3.8, 4) is 5.69 Å². The monoisotopic (exact) mass is 413 g/mol. The van der Waals surface area contributed by atoms with Crippen LogP contribution in [-0.4, -0.2) is 28.8 Å². The SMILES string of the molecule is COC(=O)[C@](C)(NC(=O)c1ccc(-n2nc(C)cc2C)cc1)c1cc(F)ccc1F. The molecule has 156 valence electrons. The van der Waals surface area contributed by atoms with E-state index in [0.29, 0.717) is 0 Å². The molecule has 0 unspecified atom stereocenters. The molecule has 0 aliphatic carbocycles. The van der Waals surface area contributed by atoms with Crippen molar-refractivity contribution in [3.05, 3.63) is 82.7 Å². The number of nitrogens with one attached hydrogen (secondary N) is 1. The summed E-state index contributed by atoms with van der Waals surface area (Å²) in [7, 11) is 1.10. The molecule has 1 N–H and O–H groups in total. The van der Waals surface area contributed by atoms with Crippen LogP contribution in [-0.2, 0) is 15.1 Å². The predicted molar refractivity (Wildman–Crippen MR) is 106 cm³/mol. The van der Waals surface area contributed by atoms with Gasteiger partial charge in [0.1, 0.15) is 11.6 Å². The van der Waals surface area contributed by atoms with E-state index >= 15 is 0 Å². The number of aryl methyl sites for hydroxylation is 2. The van der Waals surface area contributed by atoms with Crippen molar-refractivity contribution in [2.75, 3.05) is 7.11 Å². The first kappa shape index (κ1) is 21.2. The van der Waals surface area contributed by atoms with Gasteiger partial charge in [-0.25, -0.2) is 18.3 Å².